The lowest BCUT2D eigenvalue weighted by Crippen LogP contribution is -2.39. The fourth-order valence-electron chi connectivity index (χ4n) is 2.44. The van der Waals surface area contributed by atoms with Crippen molar-refractivity contribution < 1.29 is 4.79 Å². The molecule has 1 aromatic rings. The highest BCUT2D eigenvalue weighted by Gasteiger charge is 2.16. The number of carbonyl (C=O) groups is 1. The highest BCUT2D eigenvalue weighted by atomic mass is 35.5. The van der Waals surface area contributed by atoms with Crippen LogP contribution in [-0.2, 0) is 0 Å². The molecule has 4 N–H and O–H groups in total. The summed E-state index contributed by atoms with van der Waals surface area (Å²) in [5, 5.41) is 6.28. The maximum atomic E-state index is 12.0. The maximum absolute atomic E-state index is 12.0. The number of hydrogen-bond acceptors (Lipinski definition) is 2. The van der Waals surface area contributed by atoms with E-state index in [0.717, 1.165) is 18.4 Å². The minimum atomic E-state index is -0.215. The second-order valence-electron chi connectivity index (χ2n) is 5.13. The monoisotopic (exact) mass is 305 g/mol. The Hall–Kier alpha value is -1.70. The van der Waals surface area contributed by atoms with E-state index in [1.54, 1.807) is 18.2 Å². The smallest absolute Gasteiger partial charge is 0.319 e. The third kappa shape index (κ3) is 4.96. The molecule has 1 aromatic carbocycles. The fourth-order valence-corrected chi connectivity index (χ4v) is 2.61. The SMILES string of the molecule is NCC#Cc1ccc(Cl)c(NC(=O)NC2CCCCC2)c1. The number of nitrogens with two attached hydrogens (primary N) is 1. The number of amides is 2. The number of carbonyl (C=O) groups excluding carboxylic acids is 1. The number of hydrogen-bond donors (Lipinski definition) is 3. The summed E-state index contributed by atoms with van der Waals surface area (Å²) in [6.45, 7) is 0.299. The van der Waals surface area contributed by atoms with Crippen molar-refractivity contribution in [3.63, 3.8) is 0 Å². The third-order valence-corrected chi connectivity index (χ3v) is 3.82. The van der Waals surface area contributed by atoms with Crippen LogP contribution in [0.5, 0.6) is 0 Å². The first kappa shape index (κ1) is 15.7. The zero-order chi connectivity index (χ0) is 15.1. The average Bonchev–Trinajstić information content (AvgIpc) is 2.49. The minimum Gasteiger partial charge on any atom is -0.335 e. The van der Waals surface area contributed by atoms with Gasteiger partial charge in [0.2, 0.25) is 0 Å². The molecule has 1 aliphatic rings. The van der Waals surface area contributed by atoms with Crippen LogP contribution in [0.15, 0.2) is 18.2 Å². The molecule has 0 saturated heterocycles. The van der Waals surface area contributed by atoms with Gasteiger partial charge in [-0.1, -0.05) is 42.7 Å². The van der Waals surface area contributed by atoms with Gasteiger partial charge in [-0.2, -0.15) is 0 Å². The Bertz CT molecular complexity index is 556. The normalized spacial score (nSPS) is 15.0. The molecule has 1 saturated carbocycles. The van der Waals surface area contributed by atoms with E-state index >= 15 is 0 Å². The Morgan fingerprint density at radius 2 is 2.10 bits per heavy atom. The number of halogens is 1. The van der Waals surface area contributed by atoms with Gasteiger partial charge in [-0.25, -0.2) is 4.79 Å². The van der Waals surface area contributed by atoms with Crippen molar-refractivity contribution in [3.05, 3.63) is 28.8 Å². The van der Waals surface area contributed by atoms with Crippen molar-refractivity contribution in [2.24, 2.45) is 5.73 Å². The third-order valence-electron chi connectivity index (χ3n) is 3.49. The van der Waals surface area contributed by atoms with Gasteiger partial charge in [-0.05, 0) is 31.0 Å². The van der Waals surface area contributed by atoms with E-state index in [2.05, 4.69) is 22.5 Å². The van der Waals surface area contributed by atoms with Gasteiger partial charge >= 0.3 is 6.03 Å². The van der Waals surface area contributed by atoms with Crippen molar-refractivity contribution in [1.82, 2.24) is 5.32 Å². The van der Waals surface area contributed by atoms with Crippen molar-refractivity contribution in [3.8, 4) is 11.8 Å². The average molecular weight is 306 g/mol. The van der Waals surface area contributed by atoms with Crippen LogP contribution >= 0.6 is 11.6 Å². The van der Waals surface area contributed by atoms with Crippen LogP contribution in [0.25, 0.3) is 0 Å². The molecule has 0 atom stereocenters. The lowest BCUT2D eigenvalue weighted by Gasteiger charge is -2.23. The van der Waals surface area contributed by atoms with Crippen LogP contribution < -0.4 is 16.4 Å². The van der Waals surface area contributed by atoms with E-state index < -0.39 is 0 Å². The Morgan fingerprint density at radius 3 is 2.81 bits per heavy atom. The molecule has 4 nitrogen and oxygen atoms in total. The summed E-state index contributed by atoms with van der Waals surface area (Å²) in [6.07, 6.45) is 5.70. The Kier molecular flexibility index (Phi) is 5.91. The molecule has 0 bridgehead atoms. The summed E-state index contributed by atoms with van der Waals surface area (Å²) in [5.41, 5.74) is 6.69. The molecule has 0 aliphatic heterocycles. The molecule has 0 aromatic heterocycles. The summed E-state index contributed by atoms with van der Waals surface area (Å²) in [6, 6.07) is 5.32. The highest BCUT2D eigenvalue weighted by Crippen LogP contribution is 2.23. The summed E-state index contributed by atoms with van der Waals surface area (Å²) < 4.78 is 0. The predicted molar refractivity (Wildman–Crippen MR) is 86.4 cm³/mol. The standard InChI is InChI=1S/C16H20ClN3O/c17-14-9-8-12(5-4-10-18)11-15(14)20-16(21)19-13-6-2-1-3-7-13/h8-9,11,13H,1-3,6-7,10,18H2,(H2,19,20,21). The highest BCUT2D eigenvalue weighted by molar-refractivity contribution is 6.33. The van der Waals surface area contributed by atoms with Gasteiger partial charge < -0.3 is 16.4 Å². The molecule has 0 radical (unpaired) electrons. The van der Waals surface area contributed by atoms with Crippen LogP contribution in [0.4, 0.5) is 10.5 Å². The first-order chi connectivity index (χ1) is 10.2. The molecule has 5 heteroatoms. The number of rotatable bonds is 2. The molecule has 0 heterocycles. The zero-order valence-electron chi connectivity index (χ0n) is 11.9. The van der Waals surface area contributed by atoms with Gasteiger partial charge in [0.25, 0.3) is 0 Å². The molecule has 2 amide bonds. The first-order valence-corrected chi connectivity index (χ1v) is 7.63. The quantitative estimate of drug-likeness (QED) is 0.735. The van der Waals surface area contributed by atoms with Crippen molar-refractivity contribution in [1.29, 1.82) is 0 Å². The summed E-state index contributed by atoms with van der Waals surface area (Å²) >= 11 is 6.10. The van der Waals surface area contributed by atoms with E-state index in [9.17, 15) is 4.79 Å². The molecule has 2 rings (SSSR count). The number of nitrogens with one attached hydrogen (secondary N) is 2. The molecular formula is C16H20ClN3O. The number of anilines is 1. The van der Waals surface area contributed by atoms with E-state index in [-0.39, 0.29) is 12.1 Å². The fraction of sp³-hybridized carbons (Fsp3) is 0.438. The van der Waals surface area contributed by atoms with Gasteiger partial charge in [0.15, 0.2) is 0 Å². The van der Waals surface area contributed by atoms with Crippen molar-refractivity contribution >= 4 is 23.3 Å². The van der Waals surface area contributed by atoms with Crippen molar-refractivity contribution in [2.75, 3.05) is 11.9 Å². The summed E-state index contributed by atoms with van der Waals surface area (Å²) in [4.78, 5) is 12.0. The molecule has 0 unspecified atom stereocenters. The van der Waals surface area contributed by atoms with Crippen LogP contribution in [0.1, 0.15) is 37.7 Å². The van der Waals surface area contributed by atoms with E-state index in [1.807, 2.05) is 0 Å². The van der Waals surface area contributed by atoms with Gasteiger partial charge in [-0.3, -0.25) is 0 Å². The lowest BCUT2D eigenvalue weighted by molar-refractivity contribution is 0.244. The maximum Gasteiger partial charge on any atom is 0.319 e. The Labute approximate surface area is 130 Å². The second-order valence-corrected chi connectivity index (χ2v) is 5.54. The molecule has 1 fully saturated rings. The van der Waals surface area contributed by atoms with Gasteiger partial charge in [0.05, 0.1) is 17.3 Å². The van der Waals surface area contributed by atoms with Gasteiger partial charge in [0, 0.05) is 11.6 Å². The van der Waals surface area contributed by atoms with Gasteiger partial charge in [-0.15, -0.1) is 0 Å². The Balaban J connectivity index is 1.98. The molecular weight excluding hydrogens is 286 g/mol. The largest absolute Gasteiger partial charge is 0.335 e. The molecule has 112 valence electrons. The van der Waals surface area contributed by atoms with Crippen molar-refractivity contribution in [2.45, 2.75) is 38.1 Å². The topological polar surface area (TPSA) is 67.1 Å². The van der Waals surface area contributed by atoms with E-state index in [1.165, 1.54) is 19.3 Å². The van der Waals surface area contributed by atoms with Crippen LogP contribution in [0, 0.1) is 11.8 Å². The van der Waals surface area contributed by atoms with Crippen LogP contribution in [0.2, 0.25) is 5.02 Å². The lowest BCUT2D eigenvalue weighted by atomic mass is 9.96. The zero-order valence-corrected chi connectivity index (χ0v) is 12.7. The number of benzene rings is 1. The van der Waals surface area contributed by atoms with Crippen LogP contribution in [-0.4, -0.2) is 18.6 Å². The second kappa shape index (κ2) is 7.92. The Morgan fingerprint density at radius 1 is 1.33 bits per heavy atom. The summed E-state index contributed by atoms with van der Waals surface area (Å²) in [5.74, 6) is 5.70. The van der Waals surface area contributed by atoms with Gasteiger partial charge in [0.1, 0.15) is 0 Å². The summed E-state index contributed by atoms with van der Waals surface area (Å²) in [7, 11) is 0. The molecule has 0 spiro atoms. The van der Waals surface area contributed by atoms with E-state index in [0.29, 0.717) is 17.3 Å². The number of urea groups is 1. The predicted octanol–water partition coefficient (Wildman–Crippen LogP) is 3.10. The first-order valence-electron chi connectivity index (χ1n) is 7.25. The van der Waals surface area contributed by atoms with E-state index in [4.69, 9.17) is 17.3 Å². The molecule has 21 heavy (non-hydrogen) atoms. The van der Waals surface area contributed by atoms with Crippen LogP contribution in [0.3, 0.4) is 0 Å². The molecule has 1 aliphatic carbocycles. The minimum absolute atomic E-state index is 0.215.